The van der Waals surface area contributed by atoms with Crippen LogP contribution in [0, 0.1) is 17.3 Å². The van der Waals surface area contributed by atoms with Gasteiger partial charge in [-0.1, -0.05) is 44.5 Å². The monoisotopic (exact) mass is 294 g/mol. The standard InChI is InChI=1S/C17H23ClO2/c1-17(2,3)12-6-9-14(16(19)20)15(10-12)11-4-7-13(18)8-5-11/h4-5,7-8,12,14-15H,6,9-10H2,1-3H3,(H,19,20). The summed E-state index contributed by atoms with van der Waals surface area (Å²) in [6, 6.07) is 7.68. The molecule has 0 aliphatic heterocycles. The van der Waals surface area contributed by atoms with E-state index in [4.69, 9.17) is 11.6 Å². The van der Waals surface area contributed by atoms with Crippen molar-refractivity contribution in [2.45, 2.75) is 46.0 Å². The molecule has 0 radical (unpaired) electrons. The first kappa shape index (κ1) is 15.4. The summed E-state index contributed by atoms with van der Waals surface area (Å²) < 4.78 is 0. The lowest BCUT2D eigenvalue weighted by molar-refractivity contribution is -0.144. The van der Waals surface area contributed by atoms with Crippen LogP contribution in [-0.2, 0) is 4.79 Å². The van der Waals surface area contributed by atoms with E-state index >= 15 is 0 Å². The van der Waals surface area contributed by atoms with Gasteiger partial charge in [-0.3, -0.25) is 4.79 Å². The molecule has 1 aliphatic rings. The maximum atomic E-state index is 11.5. The number of carboxylic acids is 1. The maximum absolute atomic E-state index is 11.5. The summed E-state index contributed by atoms with van der Waals surface area (Å²) >= 11 is 5.93. The van der Waals surface area contributed by atoms with E-state index < -0.39 is 5.97 Å². The van der Waals surface area contributed by atoms with Gasteiger partial charge in [0.25, 0.3) is 0 Å². The van der Waals surface area contributed by atoms with Gasteiger partial charge >= 0.3 is 5.97 Å². The van der Waals surface area contributed by atoms with E-state index in [9.17, 15) is 9.90 Å². The van der Waals surface area contributed by atoms with E-state index in [-0.39, 0.29) is 17.3 Å². The van der Waals surface area contributed by atoms with Gasteiger partial charge in [-0.25, -0.2) is 0 Å². The van der Waals surface area contributed by atoms with Gasteiger partial charge in [-0.05, 0) is 54.2 Å². The first-order valence-electron chi connectivity index (χ1n) is 7.27. The molecule has 3 heteroatoms. The van der Waals surface area contributed by atoms with Crippen molar-refractivity contribution >= 4 is 17.6 Å². The van der Waals surface area contributed by atoms with Crippen LogP contribution in [0.3, 0.4) is 0 Å². The molecule has 2 rings (SSSR count). The summed E-state index contributed by atoms with van der Waals surface area (Å²) in [5.74, 6) is -0.270. The van der Waals surface area contributed by atoms with Crippen molar-refractivity contribution in [1.29, 1.82) is 0 Å². The first-order chi connectivity index (χ1) is 9.29. The summed E-state index contributed by atoms with van der Waals surface area (Å²) in [5.41, 5.74) is 1.34. The SMILES string of the molecule is CC(C)(C)C1CCC(C(=O)O)C(c2ccc(Cl)cc2)C1. The van der Waals surface area contributed by atoms with Gasteiger partial charge in [0.15, 0.2) is 0 Å². The van der Waals surface area contributed by atoms with Crippen LogP contribution in [0.1, 0.15) is 51.5 Å². The van der Waals surface area contributed by atoms with Crippen molar-refractivity contribution in [2.24, 2.45) is 17.3 Å². The molecule has 1 fully saturated rings. The van der Waals surface area contributed by atoms with Gasteiger partial charge in [0.1, 0.15) is 0 Å². The Bertz CT molecular complexity index is 473. The average molecular weight is 295 g/mol. The molecule has 20 heavy (non-hydrogen) atoms. The minimum absolute atomic E-state index is 0.0998. The second kappa shape index (κ2) is 5.77. The number of rotatable bonds is 2. The minimum Gasteiger partial charge on any atom is -0.481 e. The molecule has 3 atom stereocenters. The van der Waals surface area contributed by atoms with Gasteiger partial charge in [0.05, 0.1) is 5.92 Å². The lowest BCUT2D eigenvalue weighted by Crippen LogP contribution is -2.34. The smallest absolute Gasteiger partial charge is 0.307 e. The van der Waals surface area contributed by atoms with Crippen LogP contribution in [0.5, 0.6) is 0 Å². The van der Waals surface area contributed by atoms with Crippen molar-refractivity contribution in [1.82, 2.24) is 0 Å². The van der Waals surface area contributed by atoms with Crippen LogP contribution in [0.25, 0.3) is 0 Å². The van der Waals surface area contributed by atoms with Crippen LogP contribution in [0.15, 0.2) is 24.3 Å². The quantitative estimate of drug-likeness (QED) is 0.836. The summed E-state index contributed by atoms with van der Waals surface area (Å²) in [7, 11) is 0. The predicted molar refractivity (Wildman–Crippen MR) is 82.1 cm³/mol. The third-order valence-corrected chi connectivity index (χ3v) is 4.94. The number of aliphatic carboxylic acids is 1. The highest BCUT2D eigenvalue weighted by Gasteiger charge is 2.39. The van der Waals surface area contributed by atoms with Crippen LogP contribution in [0.4, 0.5) is 0 Å². The third-order valence-electron chi connectivity index (χ3n) is 4.69. The molecule has 1 aromatic carbocycles. The van der Waals surface area contributed by atoms with Crippen molar-refractivity contribution in [2.75, 3.05) is 0 Å². The Balaban J connectivity index is 2.27. The highest BCUT2D eigenvalue weighted by Crippen LogP contribution is 2.47. The molecule has 2 nitrogen and oxygen atoms in total. The van der Waals surface area contributed by atoms with Gasteiger partial charge in [0, 0.05) is 5.02 Å². The zero-order valence-electron chi connectivity index (χ0n) is 12.4. The molecule has 1 aliphatic carbocycles. The fraction of sp³-hybridized carbons (Fsp3) is 0.588. The van der Waals surface area contributed by atoms with Crippen molar-refractivity contribution in [3.63, 3.8) is 0 Å². The Morgan fingerprint density at radius 2 is 1.80 bits per heavy atom. The molecular formula is C17H23ClO2. The number of benzene rings is 1. The molecule has 1 N–H and O–H groups in total. The van der Waals surface area contributed by atoms with Gasteiger partial charge in [-0.2, -0.15) is 0 Å². The summed E-state index contributed by atoms with van der Waals surface area (Å²) in [6.07, 6.45) is 2.72. The van der Waals surface area contributed by atoms with Crippen LogP contribution in [0.2, 0.25) is 5.02 Å². The number of hydrogen-bond donors (Lipinski definition) is 1. The fourth-order valence-electron chi connectivity index (χ4n) is 3.33. The maximum Gasteiger partial charge on any atom is 0.307 e. The van der Waals surface area contributed by atoms with E-state index in [1.165, 1.54) is 0 Å². The minimum atomic E-state index is -0.669. The van der Waals surface area contributed by atoms with E-state index in [0.717, 1.165) is 24.8 Å². The second-order valence-electron chi connectivity index (χ2n) is 6.98. The van der Waals surface area contributed by atoms with E-state index in [0.29, 0.717) is 10.9 Å². The lowest BCUT2D eigenvalue weighted by Gasteiger charge is -2.40. The summed E-state index contributed by atoms with van der Waals surface area (Å²) in [4.78, 5) is 11.5. The Labute approximate surface area is 126 Å². The highest BCUT2D eigenvalue weighted by molar-refractivity contribution is 6.30. The number of carbonyl (C=O) groups is 1. The largest absolute Gasteiger partial charge is 0.481 e. The summed E-state index contributed by atoms with van der Waals surface area (Å²) in [5, 5.41) is 10.2. The first-order valence-corrected chi connectivity index (χ1v) is 7.65. The van der Waals surface area contributed by atoms with Crippen molar-refractivity contribution in [3.8, 4) is 0 Å². The number of carboxylic acid groups (broad SMARTS) is 1. The van der Waals surface area contributed by atoms with Gasteiger partial charge < -0.3 is 5.11 Å². The van der Waals surface area contributed by atoms with Crippen molar-refractivity contribution < 1.29 is 9.90 Å². The van der Waals surface area contributed by atoms with Crippen LogP contribution >= 0.6 is 11.6 Å². The second-order valence-corrected chi connectivity index (χ2v) is 7.42. The normalized spacial score (nSPS) is 27.3. The average Bonchev–Trinajstić information content (AvgIpc) is 2.37. The number of hydrogen-bond acceptors (Lipinski definition) is 1. The molecule has 3 unspecified atom stereocenters. The molecule has 0 saturated heterocycles. The molecule has 0 aromatic heterocycles. The molecular weight excluding hydrogens is 272 g/mol. The third kappa shape index (κ3) is 3.35. The zero-order chi connectivity index (χ0) is 14.9. The molecule has 0 heterocycles. The van der Waals surface area contributed by atoms with Crippen molar-refractivity contribution in [3.05, 3.63) is 34.9 Å². The number of halogens is 1. The molecule has 0 amide bonds. The van der Waals surface area contributed by atoms with Gasteiger partial charge in [0.2, 0.25) is 0 Å². The fourth-order valence-corrected chi connectivity index (χ4v) is 3.46. The Kier molecular flexibility index (Phi) is 4.43. The van der Waals surface area contributed by atoms with E-state index in [1.54, 1.807) is 0 Å². The Hall–Kier alpha value is -1.02. The van der Waals surface area contributed by atoms with Crippen LogP contribution < -0.4 is 0 Å². The van der Waals surface area contributed by atoms with E-state index in [2.05, 4.69) is 20.8 Å². The van der Waals surface area contributed by atoms with E-state index in [1.807, 2.05) is 24.3 Å². The molecule has 1 aromatic rings. The zero-order valence-corrected chi connectivity index (χ0v) is 13.2. The molecule has 1 saturated carbocycles. The topological polar surface area (TPSA) is 37.3 Å². The molecule has 0 spiro atoms. The predicted octanol–water partition coefficient (Wildman–Crippen LogP) is 4.97. The summed E-state index contributed by atoms with van der Waals surface area (Å²) in [6.45, 7) is 6.74. The molecule has 0 bridgehead atoms. The van der Waals surface area contributed by atoms with Crippen LogP contribution in [-0.4, -0.2) is 11.1 Å². The van der Waals surface area contributed by atoms with Gasteiger partial charge in [-0.15, -0.1) is 0 Å². The highest BCUT2D eigenvalue weighted by atomic mass is 35.5. The lowest BCUT2D eigenvalue weighted by atomic mass is 9.64. The Morgan fingerprint density at radius 1 is 1.20 bits per heavy atom. The Morgan fingerprint density at radius 3 is 2.30 bits per heavy atom. The molecule has 110 valence electrons.